The van der Waals surface area contributed by atoms with Gasteiger partial charge in [-0.15, -0.1) is 0 Å². The van der Waals surface area contributed by atoms with Crippen molar-refractivity contribution in [3.8, 4) is 0 Å². The Kier molecular flexibility index (Phi) is 8.07. The lowest BCUT2D eigenvalue weighted by Crippen LogP contribution is -2.49. The zero-order valence-electron chi connectivity index (χ0n) is 15.2. The molecule has 0 rings (SSSR count). The number of carbonyl (C=O) groups excluding carboxylic acids is 1. The van der Waals surface area contributed by atoms with Crippen molar-refractivity contribution in [3.05, 3.63) is 0 Å². The zero-order chi connectivity index (χ0) is 17.6. The van der Waals surface area contributed by atoms with Crippen LogP contribution in [-0.2, 0) is 15.6 Å². The average Bonchev–Trinajstić information content (AvgIpc) is 2.30. The van der Waals surface area contributed by atoms with Gasteiger partial charge in [0, 0.05) is 47.5 Å². The molecule has 2 N–H and O–H groups in total. The van der Waals surface area contributed by atoms with Gasteiger partial charge in [-0.05, 0) is 41.5 Å². The van der Waals surface area contributed by atoms with Crippen molar-refractivity contribution < 1.29 is 9.00 Å². The van der Waals surface area contributed by atoms with E-state index in [1.165, 1.54) is 0 Å². The fraction of sp³-hybridized carbons (Fsp3) is 0.867. The van der Waals surface area contributed by atoms with Crippen molar-refractivity contribution in [1.82, 2.24) is 15.5 Å². The summed E-state index contributed by atoms with van der Waals surface area (Å²) >= 11 is 0. The number of guanidine groups is 1. The van der Waals surface area contributed by atoms with Crippen LogP contribution in [0.4, 0.5) is 0 Å². The second-order valence-corrected chi connectivity index (χ2v) is 9.61. The molecule has 6 nitrogen and oxygen atoms in total. The number of nitrogens with one attached hydrogen (secondary N) is 2. The number of hydrogen-bond donors (Lipinski definition) is 2. The van der Waals surface area contributed by atoms with Crippen LogP contribution in [0.3, 0.4) is 0 Å². The van der Waals surface area contributed by atoms with Crippen LogP contribution >= 0.6 is 0 Å². The van der Waals surface area contributed by atoms with Gasteiger partial charge in [0.05, 0.1) is 6.54 Å². The second kappa shape index (κ2) is 8.50. The monoisotopic (exact) mass is 332 g/mol. The van der Waals surface area contributed by atoms with Gasteiger partial charge < -0.3 is 15.5 Å². The summed E-state index contributed by atoms with van der Waals surface area (Å²) in [5.41, 5.74) is -0.252. The summed E-state index contributed by atoms with van der Waals surface area (Å²) in [7, 11) is 2.56. The normalized spacial score (nSPS) is 14.5. The summed E-state index contributed by atoms with van der Waals surface area (Å²) in [4.78, 5) is 17.8. The minimum absolute atomic E-state index is 0.0591. The first-order valence-electron chi connectivity index (χ1n) is 7.48. The van der Waals surface area contributed by atoms with E-state index in [1.807, 2.05) is 41.5 Å². The number of hydrogen-bond acceptors (Lipinski definition) is 3. The van der Waals surface area contributed by atoms with Crippen LogP contribution in [0.1, 0.15) is 41.5 Å². The highest BCUT2D eigenvalue weighted by atomic mass is 32.2. The van der Waals surface area contributed by atoms with E-state index in [0.29, 0.717) is 18.3 Å². The summed E-state index contributed by atoms with van der Waals surface area (Å²) in [6.07, 6.45) is 0. The lowest BCUT2D eigenvalue weighted by atomic mass is 10.1. The molecule has 1 unspecified atom stereocenters. The van der Waals surface area contributed by atoms with E-state index in [9.17, 15) is 9.00 Å². The molecule has 0 aliphatic carbocycles. The Balaban J connectivity index is 4.36. The summed E-state index contributed by atoms with van der Waals surface area (Å²) in [6, 6.07) is 0. The van der Waals surface area contributed by atoms with Gasteiger partial charge in [-0.3, -0.25) is 14.0 Å². The lowest BCUT2D eigenvalue weighted by molar-refractivity contribution is -0.122. The van der Waals surface area contributed by atoms with Gasteiger partial charge in [0.2, 0.25) is 5.91 Å². The van der Waals surface area contributed by atoms with Gasteiger partial charge in [0.1, 0.15) is 0 Å². The predicted octanol–water partition coefficient (Wildman–Crippen LogP) is 0.956. The summed E-state index contributed by atoms with van der Waals surface area (Å²) in [6.45, 7) is 12.5. The van der Waals surface area contributed by atoms with Crippen molar-refractivity contribution >= 4 is 22.7 Å². The molecule has 0 bridgehead atoms. The summed E-state index contributed by atoms with van der Waals surface area (Å²) < 4.78 is 11.8. The highest BCUT2D eigenvalue weighted by molar-refractivity contribution is 7.86. The molecule has 0 aromatic heterocycles. The number of rotatable bonds is 5. The summed E-state index contributed by atoms with van der Waals surface area (Å²) in [5.74, 6) is 1.11. The highest BCUT2D eigenvalue weighted by Gasteiger charge is 2.20. The van der Waals surface area contributed by atoms with Gasteiger partial charge in [0.15, 0.2) is 5.96 Å². The maximum Gasteiger partial charge on any atom is 0.240 e. The molecule has 130 valence electrons. The van der Waals surface area contributed by atoms with Crippen molar-refractivity contribution in [1.29, 1.82) is 0 Å². The molecule has 0 aromatic carbocycles. The van der Waals surface area contributed by atoms with Crippen LogP contribution in [0, 0.1) is 0 Å². The summed E-state index contributed by atoms with van der Waals surface area (Å²) in [5, 5.41) is 6.05. The third kappa shape index (κ3) is 9.02. The van der Waals surface area contributed by atoms with Crippen LogP contribution in [0.25, 0.3) is 0 Å². The first-order valence-corrected chi connectivity index (χ1v) is 8.80. The number of carbonyl (C=O) groups is 1. The Labute approximate surface area is 137 Å². The molecule has 1 amide bonds. The van der Waals surface area contributed by atoms with Gasteiger partial charge in [-0.25, -0.2) is 0 Å². The van der Waals surface area contributed by atoms with E-state index in [-0.39, 0.29) is 22.7 Å². The SMILES string of the molecule is CN=C(NCCS(=O)C(C)(C)C)N(C)CC(=O)NC(C)(C)C. The second-order valence-electron chi connectivity index (χ2n) is 7.29. The fourth-order valence-electron chi connectivity index (χ4n) is 1.69. The van der Waals surface area contributed by atoms with Crippen LogP contribution in [0.15, 0.2) is 4.99 Å². The third-order valence-electron chi connectivity index (χ3n) is 2.72. The molecule has 22 heavy (non-hydrogen) atoms. The highest BCUT2D eigenvalue weighted by Crippen LogP contribution is 2.10. The topological polar surface area (TPSA) is 73.8 Å². The molecular weight excluding hydrogens is 300 g/mol. The Morgan fingerprint density at radius 2 is 1.73 bits per heavy atom. The van der Waals surface area contributed by atoms with Crippen molar-refractivity contribution in [3.63, 3.8) is 0 Å². The van der Waals surface area contributed by atoms with Crippen LogP contribution < -0.4 is 10.6 Å². The van der Waals surface area contributed by atoms with E-state index in [1.54, 1.807) is 19.0 Å². The minimum atomic E-state index is -0.908. The molecular formula is C15H32N4O2S. The van der Waals surface area contributed by atoms with Crippen LogP contribution in [0.2, 0.25) is 0 Å². The number of nitrogens with zero attached hydrogens (tertiary/aromatic N) is 2. The number of aliphatic imine (C=N–C) groups is 1. The Morgan fingerprint density at radius 1 is 1.18 bits per heavy atom. The van der Waals surface area contributed by atoms with Gasteiger partial charge in [0.25, 0.3) is 0 Å². The maximum absolute atomic E-state index is 12.0. The molecule has 0 saturated heterocycles. The van der Waals surface area contributed by atoms with E-state index >= 15 is 0 Å². The van der Waals surface area contributed by atoms with Crippen molar-refractivity contribution in [2.24, 2.45) is 4.99 Å². The quantitative estimate of drug-likeness (QED) is 0.581. The number of likely N-dealkylation sites (N-methyl/N-ethyl adjacent to an activating group) is 1. The molecule has 0 radical (unpaired) electrons. The van der Waals surface area contributed by atoms with Crippen LogP contribution in [-0.4, -0.2) is 64.2 Å². The molecule has 0 fully saturated rings. The van der Waals surface area contributed by atoms with Crippen molar-refractivity contribution in [2.45, 2.75) is 51.8 Å². The molecule has 1 atom stereocenters. The first kappa shape index (κ1) is 20.9. The molecule has 0 saturated carbocycles. The van der Waals surface area contributed by atoms with Gasteiger partial charge in [-0.1, -0.05) is 0 Å². The smallest absolute Gasteiger partial charge is 0.240 e. The van der Waals surface area contributed by atoms with E-state index < -0.39 is 10.8 Å². The number of amides is 1. The van der Waals surface area contributed by atoms with Crippen molar-refractivity contribution in [2.75, 3.05) is 32.9 Å². The average molecular weight is 333 g/mol. The standard InChI is InChI=1S/C15H32N4O2S/c1-14(2,3)18-12(20)11-19(8)13(16-7)17-9-10-22(21)15(4,5)6/h9-11H2,1-8H3,(H,16,17)(H,18,20). The zero-order valence-corrected chi connectivity index (χ0v) is 16.1. The first-order chi connectivity index (χ1) is 9.86. The molecule has 0 aliphatic heterocycles. The molecule has 0 heterocycles. The third-order valence-corrected chi connectivity index (χ3v) is 4.66. The van der Waals surface area contributed by atoms with Crippen LogP contribution in [0.5, 0.6) is 0 Å². The van der Waals surface area contributed by atoms with E-state index in [0.717, 1.165) is 0 Å². The Morgan fingerprint density at radius 3 is 2.14 bits per heavy atom. The largest absolute Gasteiger partial charge is 0.355 e. The lowest BCUT2D eigenvalue weighted by Gasteiger charge is -2.25. The maximum atomic E-state index is 12.0. The predicted molar refractivity (Wildman–Crippen MR) is 94.6 cm³/mol. The molecule has 0 aliphatic rings. The van der Waals surface area contributed by atoms with Gasteiger partial charge in [-0.2, -0.15) is 0 Å². The Bertz CT molecular complexity index is 422. The van der Waals surface area contributed by atoms with Gasteiger partial charge >= 0.3 is 0 Å². The molecule has 0 aromatic rings. The fourth-order valence-corrected chi connectivity index (χ4v) is 2.59. The Hall–Kier alpha value is -1.11. The van der Waals surface area contributed by atoms with E-state index in [4.69, 9.17) is 0 Å². The van der Waals surface area contributed by atoms with E-state index in [2.05, 4.69) is 15.6 Å². The molecule has 7 heteroatoms. The molecule has 0 spiro atoms. The minimum Gasteiger partial charge on any atom is -0.355 e.